The maximum absolute atomic E-state index is 11.0. The van der Waals surface area contributed by atoms with Crippen molar-refractivity contribution in [3.05, 3.63) is 27.8 Å². The fraction of sp³-hybridized carbons (Fsp3) is 0.500. The van der Waals surface area contributed by atoms with Gasteiger partial charge in [-0.3, -0.25) is 10.1 Å². The number of ether oxygens (including phenoxy) is 3. The molecular formula is C12H18N2O6. The van der Waals surface area contributed by atoms with Crippen molar-refractivity contribution in [1.82, 2.24) is 0 Å². The molecule has 0 fully saturated rings. The number of nitrogens with two attached hydrogens (primary N) is 1. The van der Waals surface area contributed by atoms with E-state index in [4.69, 9.17) is 19.9 Å². The fourth-order valence-corrected chi connectivity index (χ4v) is 1.62. The zero-order chi connectivity index (χ0) is 15.1. The van der Waals surface area contributed by atoms with E-state index in [0.29, 0.717) is 11.3 Å². The zero-order valence-corrected chi connectivity index (χ0v) is 11.4. The quantitative estimate of drug-likeness (QED) is 0.526. The van der Waals surface area contributed by atoms with Crippen LogP contribution in [0.4, 0.5) is 5.69 Å². The summed E-state index contributed by atoms with van der Waals surface area (Å²) in [6, 6.07) is 2.69. The maximum Gasteiger partial charge on any atom is 0.277 e. The first-order valence-corrected chi connectivity index (χ1v) is 5.88. The van der Waals surface area contributed by atoms with Gasteiger partial charge >= 0.3 is 0 Å². The van der Waals surface area contributed by atoms with Crippen molar-refractivity contribution in [3.63, 3.8) is 0 Å². The summed E-state index contributed by atoms with van der Waals surface area (Å²) < 4.78 is 15.2. The molecule has 3 N–H and O–H groups in total. The molecule has 112 valence electrons. The van der Waals surface area contributed by atoms with Crippen molar-refractivity contribution < 1.29 is 24.2 Å². The topological polar surface area (TPSA) is 117 Å². The van der Waals surface area contributed by atoms with Crippen LogP contribution in [0.1, 0.15) is 5.56 Å². The van der Waals surface area contributed by atoms with Gasteiger partial charge in [-0.25, -0.2) is 0 Å². The highest BCUT2D eigenvalue weighted by Crippen LogP contribution is 2.34. The third-order valence-corrected chi connectivity index (χ3v) is 2.57. The lowest BCUT2D eigenvalue weighted by molar-refractivity contribution is -0.385. The van der Waals surface area contributed by atoms with Crippen LogP contribution in [0.3, 0.4) is 0 Å². The van der Waals surface area contributed by atoms with Gasteiger partial charge in [-0.2, -0.15) is 0 Å². The molecule has 0 aromatic heterocycles. The van der Waals surface area contributed by atoms with E-state index in [9.17, 15) is 15.2 Å². The Bertz CT molecular complexity index is 466. The van der Waals surface area contributed by atoms with Crippen LogP contribution in [0, 0.1) is 10.1 Å². The molecular weight excluding hydrogens is 268 g/mol. The Morgan fingerprint density at radius 3 is 2.55 bits per heavy atom. The number of nitro groups is 1. The van der Waals surface area contributed by atoms with E-state index in [-0.39, 0.29) is 31.2 Å². The SMILES string of the molecule is COCC(O)COc1cc([N+](=O)[O-])c(CN)cc1OC. The third kappa shape index (κ3) is 4.05. The van der Waals surface area contributed by atoms with Crippen molar-refractivity contribution in [2.24, 2.45) is 5.73 Å². The van der Waals surface area contributed by atoms with Crippen molar-refractivity contribution >= 4 is 5.69 Å². The van der Waals surface area contributed by atoms with Gasteiger partial charge in [-0.1, -0.05) is 0 Å². The van der Waals surface area contributed by atoms with Crippen molar-refractivity contribution in [3.8, 4) is 11.5 Å². The highest BCUT2D eigenvalue weighted by molar-refractivity contribution is 5.54. The molecule has 0 radical (unpaired) electrons. The Balaban J connectivity index is 2.99. The molecule has 0 saturated carbocycles. The van der Waals surface area contributed by atoms with E-state index in [0.717, 1.165) is 0 Å². The Morgan fingerprint density at radius 2 is 2.05 bits per heavy atom. The van der Waals surface area contributed by atoms with Crippen LogP contribution in [0.5, 0.6) is 11.5 Å². The second kappa shape index (κ2) is 7.63. The highest BCUT2D eigenvalue weighted by Gasteiger charge is 2.19. The van der Waals surface area contributed by atoms with Crippen molar-refractivity contribution in [2.45, 2.75) is 12.6 Å². The summed E-state index contributed by atoms with van der Waals surface area (Å²) in [7, 11) is 2.87. The second-order valence-electron chi connectivity index (χ2n) is 4.01. The summed E-state index contributed by atoms with van der Waals surface area (Å²) in [6.45, 7) is 0.0495. The molecule has 1 aromatic carbocycles. The summed E-state index contributed by atoms with van der Waals surface area (Å²) in [5.74, 6) is 0.493. The summed E-state index contributed by atoms with van der Waals surface area (Å²) in [4.78, 5) is 10.4. The molecule has 8 heteroatoms. The normalized spacial score (nSPS) is 12.0. The number of hydrogen-bond donors (Lipinski definition) is 2. The van der Waals surface area contributed by atoms with Crippen LogP contribution in [0.15, 0.2) is 12.1 Å². The monoisotopic (exact) mass is 286 g/mol. The molecule has 0 amide bonds. The van der Waals surface area contributed by atoms with Crippen LogP contribution in [-0.2, 0) is 11.3 Å². The Hall–Kier alpha value is -1.90. The number of hydrogen-bond acceptors (Lipinski definition) is 7. The second-order valence-corrected chi connectivity index (χ2v) is 4.01. The number of nitro benzene ring substituents is 1. The lowest BCUT2D eigenvalue weighted by atomic mass is 10.1. The molecule has 20 heavy (non-hydrogen) atoms. The minimum Gasteiger partial charge on any atom is -0.493 e. The maximum atomic E-state index is 11.0. The lowest BCUT2D eigenvalue weighted by Crippen LogP contribution is -2.22. The number of nitrogens with zero attached hydrogens (tertiary/aromatic N) is 1. The average Bonchev–Trinajstić information content (AvgIpc) is 2.44. The number of aliphatic hydroxyl groups excluding tert-OH is 1. The minimum atomic E-state index is -0.835. The van der Waals surface area contributed by atoms with Gasteiger partial charge in [0, 0.05) is 19.2 Å². The van der Waals surface area contributed by atoms with E-state index in [1.165, 1.54) is 26.4 Å². The first-order valence-electron chi connectivity index (χ1n) is 5.88. The molecule has 1 rings (SSSR count). The standard InChI is InChI=1S/C12H18N2O6/c1-18-6-9(15)7-20-12-4-10(14(16)17)8(5-13)3-11(12)19-2/h3-4,9,15H,5-7,13H2,1-2H3. The molecule has 0 bridgehead atoms. The van der Waals surface area contributed by atoms with Gasteiger partial charge in [-0.15, -0.1) is 0 Å². The molecule has 8 nitrogen and oxygen atoms in total. The van der Waals surface area contributed by atoms with E-state index >= 15 is 0 Å². The van der Waals surface area contributed by atoms with Gasteiger partial charge in [-0.05, 0) is 6.07 Å². The molecule has 0 spiro atoms. The predicted octanol–water partition coefficient (Wildman–Crippen LogP) is 0.448. The summed E-state index contributed by atoms with van der Waals surface area (Å²) in [6.07, 6.45) is -0.835. The fourth-order valence-electron chi connectivity index (χ4n) is 1.62. The smallest absolute Gasteiger partial charge is 0.277 e. The Kier molecular flexibility index (Phi) is 6.16. The highest BCUT2D eigenvalue weighted by atomic mass is 16.6. The number of aliphatic hydroxyl groups is 1. The molecule has 0 aliphatic carbocycles. The number of benzene rings is 1. The van der Waals surface area contributed by atoms with Crippen molar-refractivity contribution in [1.29, 1.82) is 0 Å². The summed E-state index contributed by atoms with van der Waals surface area (Å²) in [5, 5.41) is 20.5. The summed E-state index contributed by atoms with van der Waals surface area (Å²) in [5.41, 5.74) is 5.66. The van der Waals surface area contributed by atoms with Crippen molar-refractivity contribution in [2.75, 3.05) is 27.4 Å². The van der Waals surface area contributed by atoms with E-state index in [2.05, 4.69) is 0 Å². The predicted molar refractivity (Wildman–Crippen MR) is 70.9 cm³/mol. The number of methoxy groups -OCH3 is 2. The van der Waals surface area contributed by atoms with Crippen LogP contribution in [0.2, 0.25) is 0 Å². The third-order valence-electron chi connectivity index (χ3n) is 2.57. The van der Waals surface area contributed by atoms with Gasteiger partial charge in [0.1, 0.15) is 12.7 Å². The van der Waals surface area contributed by atoms with E-state index < -0.39 is 11.0 Å². The van der Waals surface area contributed by atoms with Crippen LogP contribution >= 0.6 is 0 Å². The van der Waals surface area contributed by atoms with Gasteiger partial charge in [0.05, 0.1) is 24.7 Å². The van der Waals surface area contributed by atoms with Gasteiger partial charge < -0.3 is 25.1 Å². The largest absolute Gasteiger partial charge is 0.493 e. The number of rotatable bonds is 8. The Labute approximate surface area is 116 Å². The zero-order valence-electron chi connectivity index (χ0n) is 11.4. The van der Waals surface area contributed by atoms with Gasteiger partial charge in [0.15, 0.2) is 11.5 Å². The molecule has 0 aliphatic rings. The average molecular weight is 286 g/mol. The molecule has 0 heterocycles. The molecule has 0 aliphatic heterocycles. The minimum absolute atomic E-state index is 0.0131. The first-order chi connectivity index (χ1) is 9.53. The van der Waals surface area contributed by atoms with Crippen LogP contribution < -0.4 is 15.2 Å². The van der Waals surface area contributed by atoms with Crippen LogP contribution in [0.25, 0.3) is 0 Å². The Morgan fingerprint density at radius 1 is 1.35 bits per heavy atom. The summed E-state index contributed by atoms with van der Waals surface area (Å²) >= 11 is 0. The molecule has 0 saturated heterocycles. The van der Waals surface area contributed by atoms with E-state index in [1.54, 1.807) is 0 Å². The van der Waals surface area contributed by atoms with E-state index in [1.807, 2.05) is 0 Å². The molecule has 1 unspecified atom stereocenters. The lowest BCUT2D eigenvalue weighted by Gasteiger charge is -2.14. The first kappa shape index (κ1) is 16.2. The van der Waals surface area contributed by atoms with Crippen LogP contribution in [-0.4, -0.2) is 43.6 Å². The molecule has 1 aromatic rings. The van der Waals surface area contributed by atoms with Gasteiger partial charge in [0.25, 0.3) is 5.69 Å². The molecule has 1 atom stereocenters. The van der Waals surface area contributed by atoms with Gasteiger partial charge in [0.2, 0.25) is 0 Å².